The highest BCUT2D eigenvalue weighted by atomic mass is 32.1. The molecule has 0 aliphatic rings. The number of hydrogen-bond donors (Lipinski definition) is 3. The number of aromatic hydroxyl groups is 1. The monoisotopic (exact) mass is 356 g/mol. The Bertz CT molecular complexity index is 786. The van der Waals surface area contributed by atoms with E-state index >= 15 is 0 Å². The fourth-order valence-electron chi connectivity index (χ4n) is 2.07. The molecule has 2 aromatic rings. The number of ether oxygens (including phenoxy) is 1. The highest BCUT2D eigenvalue weighted by Crippen LogP contribution is 2.23. The molecular weight excluding hydrogens is 336 g/mol. The summed E-state index contributed by atoms with van der Waals surface area (Å²) in [7, 11) is 0. The van der Waals surface area contributed by atoms with Crippen molar-refractivity contribution >= 4 is 35.0 Å². The average Bonchev–Trinajstić information content (AvgIpc) is 2.58. The van der Waals surface area contributed by atoms with Gasteiger partial charge < -0.3 is 15.2 Å². The molecule has 0 aliphatic heterocycles. The zero-order valence-electron chi connectivity index (χ0n) is 14.1. The van der Waals surface area contributed by atoms with Gasteiger partial charge in [0.2, 0.25) is 5.91 Å². The molecule has 0 aliphatic carbocycles. The third-order valence-corrected chi connectivity index (χ3v) is 3.46. The molecule has 130 valence electrons. The Morgan fingerprint density at radius 3 is 2.64 bits per heavy atom. The van der Waals surface area contributed by atoms with E-state index in [0.29, 0.717) is 12.3 Å². The topological polar surface area (TPSA) is 70.6 Å². The second-order valence-corrected chi connectivity index (χ2v) is 5.71. The molecule has 0 bridgehead atoms. The van der Waals surface area contributed by atoms with Crippen LogP contribution in [0.4, 0.5) is 5.69 Å². The maximum atomic E-state index is 11.9. The molecule has 0 heterocycles. The van der Waals surface area contributed by atoms with Crippen molar-refractivity contribution in [1.29, 1.82) is 0 Å². The third-order valence-electron chi connectivity index (χ3n) is 3.26. The minimum Gasteiger partial charge on any atom is -0.506 e. The van der Waals surface area contributed by atoms with Gasteiger partial charge in [0.05, 0.1) is 12.3 Å². The van der Waals surface area contributed by atoms with Crippen molar-refractivity contribution in [1.82, 2.24) is 5.32 Å². The minimum absolute atomic E-state index is 0.0622. The Morgan fingerprint density at radius 2 is 1.96 bits per heavy atom. The Kier molecular flexibility index (Phi) is 6.54. The lowest BCUT2D eigenvalue weighted by atomic mass is 10.2. The van der Waals surface area contributed by atoms with E-state index < -0.39 is 0 Å². The molecule has 0 aromatic heterocycles. The van der Waals surface area contributed by atoms with Crippen LogP contribution in [0.5, 0.6) is 11.5 Å². The van der Waals surface area contributed by atoms with Crippen LogP contribution in [-0.2, 0) is 4.79 Å². The fraction of sp³-hybridized carbons (Fsp3) is 0.158. The van der Waals surface area contributed by atoms with Gasteiger partial charge in [0.1, 0.15) is 11.5 Å². The number of nitrogens with one attached hydrogen (secondary N) is 2. The molecule has 25 heavy (non-hydrogen) atoms. The highest BCUT2D eigenvalue weighted by Gasteiger charge is 2.05. The second-order valence-electron chi connectivity index (χ2n) is 5.30. The third kappa shape index (κ3) is 5.93. The van der Waals surface area contributed by atoms with Gasteiger partial charge in [0.25, 0.3) is 0 Å². The maximum Gasteiger partial charge on any atom is 0.250 e. The molecule has 0 saturated carbocycles. The normalized spacial score (nSPS) is 10.5. The lowest BCUT2D eigenvalue weighted by Crippen LogP contribution is -2.32. The second kappa shape index (κ2) is 8.84. The lowest BCUT2D eigenvalue weighted by molar-refractivity contribution is -0.115. The van der Waals surface area contributed by atoms with Crippen LogP contribution in [0, 0.1) is 6.92 Å². The van der Waals surface area contributed by atoms with Crippen molar-refractivity contribution in [3.05, 3.63) is 59.7 Å². The van der Waals surface area contributed by atoms with E-state index in [-0.39, 0.29) is 16.8 Å². The first-order chi connectivity index (χ1) is 12.0. The first kappa shape index (κ1) is 18.5. The van der Waals surface area contributed by atoms with Gasteiger partial charge in [-0.2, -0.15) is 0 Å². The summed E-state index contributed by atoms with van der Waals surface area (Å²) in [6, 6.07) is 12.5. The molecule has 6 heteroatoms. The number of phenols is 1. The van der Waals surface area contributed by atoms with E-state index in [0.717, 1.165) is 16.9 Å². The predicted molar refractivity (Wildman–Crippen MR) is 104 cm³/mol. The summed E-state index contributed by atoms with van der Waals surface area (Å²) in [6.45, 7) is 4.43. The smallest absolute Gasteiger partial charge is 0.250 e. The fourth-order valence-corrected chi connectivity index (χ4v) is 2.28. The predicted octanol–water partition coefficient (Wildman–Crippen LogP) is 3.63. The largest absolute Gasteiger partial charge is 0.506 e. The maximum absolute atomic E-state index is 11.9. The number of hydrogen-bond acceptors (Lipinski definition) is 4. The van der Waals surface area contributed by atoms with E-state index in [9.17, 15) is 9.90 Å². The van der Waals surface area contributed by atoms with Gasteiger partial charge in [-0.05, 0) is 67.5 Å². The number of benzene rings is 2. The van der Waals surface area contributed by atoms with Gasteiger partial charge >= 0.3 is 0 Å². The van der Waals surface area contributed by atoms with Crippen molar-refractivity contribution in [2.75, 3.05) is 11.9 Å². The van der Waals surface area contributed by atoms with Crippen LogP contribution >= 0.6 is 12.2 Å². The van der Waals surface area contributed by atoms with E-state index in [1.807, 2.05) is 38.1 Å². The molecule has 0 atom stereocenters. The summed E-state index contributed by atoms with van der Waals surface area (Å²) in [5.41, 5.74) is 2.28. The zero-order valence-corrected chi connectivity index (χ0v) is 14.9. The van der Waals surface area contributed by atoms with Gasteiger partial charge in [-0.3, -0.25) is 10.1 Å². The summed E-state index contributed by atoms with van der Waals surface area (Å²) < 4.78 is 5.36. The Balaban J connectivity index is 1.90. The molecule has 2 aromatic carbocycles. The van der Waals surface area contributed by atoms with Crippen LogP contribution in [0.2, 0.25) is 0 Å². The number of rotatable bonds is 5. The number of anilines is 1. The molecule has 0 radical (unpaired) electrons. The van der Waals surface area contributed by atoms with Crippen LogP contribution in [-0.4, -0.2) is 22.7 Å². The van der Waals surface area contributed by atoms with E-state index in [2.05, 4.69) is 10.6 Å². The summed E-state index contributed by atoms with van der Waals surface area (Å²) >= 11 is 5.09. The number of phenolic OH excluding ortho intramolecular Hbond substituents is 1. The number of carbonyl (C=O) groups excluding carboxylic acids is 1. The standard InChI is InChI=1S/C19H20N2O3S/c1-3-24-15-8-5-14(6-9-15)7-11-18(23)21-19(25)20-16-12-13(2)4-10-17(16)22/h4-12,22H,3H2,1-2H3,(H2,20,21,23,25)/b11-7+. The van der Waals surface area contributed by atoms with Crippen LogP contribution in [0.25, 0.3) is 6.08 Å². The van der Waals surface area contributed by atoms with Crippen molar-refractivity contribution in [2.45, 2.75) is 13.8 Å². The van der Waals surface area contributed by atoms with Crippen molar-refractivity contribution in [3.8, 4) is 11.5 Å². The number of carbonyl (C=O) groups is 1. The molecule has 0 fully saturated rings. The molecule has 0 saturated heterocycles. The van der Waals surface area contributed by atoms with Crippen molar-refractivity contribution < 1.29 is 14.6 Å². The summed E-state index contributed by atoms with van der Waals surface area (Å²) in [4.78, 5) is 11.9. The molecule has 1 amide bonds. The number of aryl methyl sites for hydroxylation is 1. The van der Waals surface area contributed by atoms with Crippen LogP contribution in [0.15, 0.2) is 48.5 Å². The Morgan fingerprint density at radius 1 is 1.24 bits per heavy atom. The number of thiocarbonyl (C=S) groups is 1. The van der Waals surface area contributed by atoms with E-state index in [4.69, 9.17) is 17.0 Å². The summed E-state index contributed by atoms with van der Waals surface area (Å²) in [5, 5.41) is 15.2. The highest BCUT2D eigenvalue weighted by molar-refractivity contribution is 7.80. The van der Waals surface area contributed by atoms with Gasteiger partial charge in [-0.1, -0.05) is 18.2 Å². The molecule has 0 unspecified atom stereocenters. The van der Waals surface area contributed by atoms with E-state index in [1.54, 1.807) is 24.3 Å². The number of amides is 1. The SMILES string of the molecule is CCOc1ccc(/C=C/C(=O)NC(=S)Nc2cc(C)ccc2O)cc1. The lowest BCUT2D eigenvalue weighted by Gasteiger charge is -2.10. The molecule has 0 spiro atoms. The van der Waals surface area contributed by atoms with Crippen molar-refractivity contribution in [3.63, 3.8) is 0 Å². The molecule has 2 rings (SSSR count). The van der Waals surface area contributed by atoms with Gasteiger partial charge in [-0.25, -0.2) is 0 Å². The first-order valence-corrected chi connectivity index (χ1v) is 8.21. The van der Waals surface area contributed by atoms with Crippen LogP contribution in [0.1, 0.15) is 18.1 Å². The van der Waals surface area contributed by atoms with Crippen LogP contribution in [0.3, 0.4) is 0 Å². The van der Waals surface area contributed by atoms with Gasteiger partial charge in [0.15, 0.2) is 5.11 Å². The zero-order chi connectivity index (χ0) is 18.2. The molecular formula is C19H20N2O3S. The van der Waals surface area contributed by atoms with Gasteiger partial charge in [-0.15, -0.1) is 0 Å². The minimum atomic E-state index is -0.362. The average molecular weight is 356 g/mol. The van der Waals surface area contributed by atoms with Crippen molar-refractivity contribution in [2.24, 2.45) is 0 Å². The van der Waals surface area contributed by atoms with Gasteiger partial charge in [0, 0.05) is 6.08 Å². The summed E-state index contributed by atoms with van der Waals surface area (Å²) in [5.74, 6) is 0.484. The first-order valence-electron chi connectivity index (χ1n) is 7.80. The quantitative estimate of drug-likeness (QED) is 0.434. The Labute approximate surface area is 152 Å². The van der Waals surface area contributed by atoms with Crippen LogP contribution < -0.4 is 15.4 Å². The molecule has 5 nitrogen and oxygen atoms in total. The summed E-state index contributed by atoms with van der Waals surface area (Å²) in [6.07, 6.45) is 3.07. The Hall–Kier alpha value is -2.86. The molecule has 3 N–H and O–H groups in total. The van der Waals surface area contributed by atoms with E-state index in [1.165, 1.54) is 6.08 Å².